The average Bonchev–Trinajstić information content (AvgIpc) is 3.85. The van der Waals surface area contributed by atoms with Crippen molar-refractivity contribution in [2.45, 2.75) is 23.9 Å². The molecule has 4 aliphatic rings. The Morgan fingerprint density at radius 3 is 1.57 bits per heavy atom. The third-order valence-electron chi connectivity index (χ3n) is 11.3. The first-order valence-electron chi connectivity index (χ1n) is 17.9. The van der Waals surface area contributed by atoms with E-state index < -0.39 is 0 Å². The molecule has 0 amide bonds. The van der Waals surface area contributed by atoms with Gasteiger partial charge in [0.15, 0.2) is 0 Å². The highest BCUT2D eigenvalue weighted by Crippen LogP contribution is 2.51. The van der Waals surface area contributed by atoms with Crippen LogP contribution in [0.5, 0.6) is 0 Å². The van der Waals surface area contributed by atoms with Gasteiger partial charge in [-0.25, -0.2) is 0 Å². The van der Waals surface area contributed by atoms with Crippen molar-refractivity contribution in [3.8, 4) is 22.3 Å². The summed E-state index contributed by atoms with van der Waals surface area (Å²) in [6.45, 7) is 0. The first kappa shape index (κ1) is 28.9. The van der Waals surface area contributed by atoms with Gasteiger partial charge in [0.05, 0.1) is 12.1 Å². The van der Waals surface area contributed by atoms with E-state index in [0.29, 0.717) is 17.9 Å². The summed E-state index contributed by atoms with van der Waals surface area (Å²) in [5, 5.41) is 2.68. The number of rotatable bonds is 4. The van der Waals surface area contributed by atoms with Crippen LogP contribution in [0.25, 0.3) is 42.4 Å². The van der Waals surface area contributed by atoms with Crippen LogP contribution < -0.4 is 9.80 Å². The van der Waals surface area contributed by atoms with E-state index in [2.05, 4.69) is 192 Å². The predicted octanol–water partition coefficient (Wildman–Crippen LogP) is 12.8. The number of anilines is 4. The SMILES string of the molecule is C1=CC2c3cc(-c4ccc(-c5ccc6c(c5)C5C=CC=CC5N6c5ccc6sc7ccccc7c6c5)cc4)ccc3N(c3ccccc3)C2C=C1. The van der Waals surface area contributed by atoms with Gasteiger partial charge in [0.25, 0.3) is 0 Å². The van der Waals surface area contributed by atoms with Gasteiger partial charge in [-0.3, -0.25) is 0 Å². The molecule has 7 aromatic rings. The lowest BCUT2D eigenvalue weighted by atomic mass is 9.89. The zero-order valence-corrected chi connectivity index (χ0v) is 28.7. The molecule has 3 heteroatoms. The molecule has 2 aliphatic heterocycles. The Morgan fingerprint density at radius 1 is 0.392 bits per heavy atom. The lowest BCUT2D eigenvalue weighted by Gasteiger charge is -2.28. The Labute approximate surface area is 302 Å². The standard InChI is InChI=1S/C48H34N2S/c1-2-10-35(11-3-1)49-43-15-7-4-12-37(43)40-28-33(22-25-45(40)49)31-18-20-32(21-19-31)34-23-26-46-41(29-34)38-13-5-8-16-44(38)50(46)36-24-27-48-42(30-36)39-14-6-9-17-47(39)51-48/h1-30,37-38,43-44H. The Balaban J connectivity index is 0.929. The summed E-state index contributed by atoms with van der Waals surface area (Å²) in [4.78, 5) is 5.04. The smallest absolute Gasteiger partial charge is 0.0629 e. The normalized spacial score (nSPS) is 20.9. The van der Waals surface area contributed by atoms with Crippen molar-refractivity contribution in [3.63, 3.8) is 0 Å². The molecule has 11 rings (SSSR count). The van der Waals surface area contributed by atoms with Crippen molar-refractivity contribution in [3.05, 3.63) is 193 Å². The number of thiophene rings is 1. The highest BCUT2D eigenvalue weighted by atomic mass is 32.1. The van der Waals surface area contributed by atoms with E-state index in [4.69, 9.17) is 0 Å². The molecule has 3 heterocycles. The van der Waals surface area contributed by atoms with Gasteiger partial charge in [-0.05, 0) is 94.0 Å². The molecule has 0 fully saturated rings. The van der Waals surface area contributed by atoms with E-state index in [1.54, 1.807) is 0 Å². The minimum atomic E-state index is 0.261. The maximum atomic E-state index is 2.55. The van der Waals surface area contributed by atoms with Gasteiger partial charge in [-0.2, -0.15) is 0 Å². The van der Waals surface area contributed by atoms with E-state index in [1.165, 1.54) is 76.3 Å². The minimum Gasteiger partial charge on any atom is -0.333 e. The fourth-order valence-electron chi connectivity index (χ4n) is 8.95. The number of hydrogen-bond acceptors (Lipinski definition) is 3. The molecular formula is C48H34N2S. The first-order chi connectivity index (χ1) is 25.3. The van der Waals surface area contributed by atoms with Crippen LogP contribution in [0.1, 0.15) is 23.0 Å². The minimum absolute atomic E-state index is 0.261. The second-order valence-corrected chi connectivity index (χ2v) is 15.1. The Kier molecular flexibility index (Phi) is 6.41. The Morgan fingerprint density at radius 2 is 0.922 bits per heavy atom. The molecule has 6 aromatic carbocycles. The average molecular weight is 671 g/mol. The summed E-state index contributed by atoms with van der Waals surface area (Å²) < 4.78 is 2.69. The van der Waals surface area contributed by atoms with Crippen LogP contribution in [0.4, 0.5) is 22.7 Å². The molecule has 0 saturated heterocycles. The molecule has 0 N–H and O–H groups in total. The molecule has 4 unspecified atom stereocenters. The third kappa shape index (κ3) is 4.48. The lowest BCUT2D eigenvalue weighted by molar-refractivity contribution is 0.745. The van der Waals surface area contributed by atoms with Crippen molar-refractivity contribution in [2.24, 2.45) is 0 Å². The predicted molar refractivity (Wildman–Crippen MR) is 217 cm³/mol. The number of allylic oxidation sites excluding steroid dienone is 4. The van der Waals surface area contributed by atoms with E-state index in [0.717, 1.165) is 0 Å². The molecule has 1 aromatic heterocycles. The third-order valence-corrected chi connectivity index (χ3v) is 12.5. The number of benzene rings is 6. The van der Waals surface area contributed by atoms with Gasteiger partial charge in [0.1, 0.15) is 0 Å². The van der Waals surface area contributed by atoms with E-state index in [-0.39, 0.29) is 6.04 Å². The monoisotopic (exact) mass is 670 g/mol. The maximum Gasteiger partial charge on any atom is 0.0629 e. The molecule has 0 spiro atoms. The van der Waals surface area contributed by atoms with Crippen LogP contribution in [0.15, 0.2) is 182 Å². The van der Waals surface area contributed by atoms with Crippen molar-refractivity contribution in [2.75, 3.05) is 9.80 Å². The topological polar surface area (TPSA) is 6.48 Å². The summed E-state index contributed by atoms with van der Waals surface area (Å²) in [5.74, 6) is 0.655. The van der Waals surface area contributed by atoms with Crippen molar-refractivity contribution >= 4 is 54.3 Å². The number of nitrogens with zero attached hydrogens (tertiary/aromatic N) is 2. The molecule has 2 aliphatic carbocycles. The number of para-hydroxylation sites is 1. The van der Waals surface area contributed by atoms with E-state index in [1.807, 2.05) is 11.3 Å². The van der Waals surface area contributed by atoms with Crippen molar-refractivity contribution in [1.29, 1.82) is 0 Å². The zero-order chi connectivity index (χ0) is 33.5. The molecule has 0 bridgehead atoms. The van der Waals surface area contributed by atoms with Crippen LogP contribution in [0.2, 0.25) is 0 Å². The quantitative estimate of drug-likeness (QED) is 0.184. The molecular weight excluding hydrogens is 637 g/mol. The number of hydrogen-bond donors (Lipinski definition) is 0. The summed E-state index contributed by atoms with van der Waals surface area (Å²) in [7, 11) is 0. The van der Waals surface area contributed by atoms with Gasteiger partial charge in [-0.15, -0.1) is 11.3 Å². The van der Waals surface area contributed by atoms with Gasteiger partial charge in [-0.1, -0.05) is 121 Å². The Bertz CT molecular complexity index is 2620. The van der Waals surface area contributed by atoms with Gasteiger partial charge < -0.3 is 9.80 Å². The van der Waals surface area contributed by atoms with E-state index in [9.17, 15) is 0 Å². The largest absolute Gasteiger partial charge is 0.333 e. The summed E-state index contributed by atoms with van der Waals surface area (Å²) in [6.07, 6.45) is 18.2. The second kappa shape index (κ2) is 11.3. The maximum absolute atomic E-state index is 2.55. The molecule has 0 saturated carbocycles. The van der Waals surface area contributed by atoms with Crippen molar-refractivity contribution in [1.82, 2.24) is 0 Å². The van der Waals surface area contributed by atoms with Crippen molar-refractivity contribution < 1.29 is 0 Å². The number of fused-ring (bicyclic) bond motifs is 9. The molecule has 242 valence electrons. The lowest BCUT2D eigenvalue weighted by Crippen LogP contribution is -2.28. The molecule has 4 atom stereocenters. The second-order valence-electron chi connectivity index (χ2n) is 14.1. The highest BCUT2D eigenvalue weighted by Gasteiger charge is 2.39. The van der Waals surface area contributed by atoms with Gasteiger partial charge >= 0.3 is 0 Å². The summed E-state index contributed by atoms with van der Waals surface area (Å²) >= 11 is 1.88. The molecule has 51 heavy (non-hydrogen) atoms. The zero-order valence-electron chi connectivity index (χ0n) is 27.9. The van der Waals surface area contributed by atoms with Crippen LogP contribution in [0, 0.1) is 0 Å². The molecule has 2 nitrogen and oxygen atoms in total. The van der Waals surface area contributed by atoms with E-state index >= 15 is 0 Å². The van der Waals surface area contributed by atoms with Gasteiger partial charge in [0, 0.05) is 54.8 Å². The highest BCUT2D eigenvalue weighted by molar-refractivity contribution is 7.25. The summed E-state index contributed by atoms with van der Waals surface area (Å²) in [5.41, 5.74) is 12.9. The van der Waals surface area contributed by atoms with Crippen LogP contribution in [0.3, 0.4) is 0 Å². The fourth-order valence-corrected chi connectivity index (χ4v) is 10.0. The van der Waals surface area contributed by atoms with Gasteiger partial charge in [0.2, 0.25) is 0 Å². The van der Waals surface area contributed by atoms with Crippen LogP contribution in [-0.2, 0) is 0 Å². The summed E-state index contributed by atoms with van der Waals surface area (Å²) in [6, 6.07) is 50.4. The molecule has 0 radical (unpaired) electrons. The van der Waals surface area contributed by atoms with Crippen LogP contribution >= 0.6 is 11.3 Å². The fraction of sp³-hybridized carbons (Fsp3) is 0.0833. The Hall–Kier alpha value is -5.90. The van der Waals surface area contributed by atoms with Crippen LogP contribution in [-0.4, -0.2) is 12.1 Å². The first-order valence-corrected chi connectivity index (χ1v) is 18.7.